The number of benzene rings is 2. The summed E-state index contributed by atoms with van der Waals surface area (Å²) in [4.78, 5) is 14.3. The smallest absolute Gasteiger partial charge is 0.307 e. The Morgan fingerprint density at radius 1 is 1.21 bits per heavy atom. The number of nitrogens with zero attached hydrogens (tertiary/aromatic N) is 1. The molecule has 0 spiro atoms. The van der Waals surface area contributed by atoms with Gasteiger partial charge in [-0.25, -0.2) is 0 Å². The largest absolute Gasteiger partial charge is 0.497 e. The lowest BCUT2D eigenvalue weighted by Gasteiger charge is -2.53. The van der Waals surface area contributed by atoms with Crippen molar-refractivity contribution >= 4 is 11.7 Å². The maximum atomic E-state index is 11.9. The molecule has 0 amide bonds. The predicted octanol–water partition coefficient (Wildman–Crippen LogP) is 4.11. The molecule has 2 heterocycles. The van der Waals surface area contributed by atoms with Crippen LogP contribution in [-0.4, -0.2) is 33.3 Å². The molecule has 2 atom stereocenters. The van der Waals surface area contributed by atoms with Gasteiger partial charge in [-0.2, -0.15) is 0 Å². The minimum Gasteiger partial charge on any atom is -0.497 e. The van der Waals surface area contributed by atoms with E-state index in [1.807, 2.05) is 12.1 Å². The van der Waals surface area contributed by atoms with E-state index in [1.54, 1.807) is 7.11 Å². The third-order valence-corrected chi connectivity index (χ3v) is 6.29. The summed E-state index contributed by atoms with van der Waals surface area (Å²) in [7, 11) is 3.12. The summed E-state index contributed by atoms with van der Waals surface area (Å²) >= 11 is 0. The van der Waals surface area contributed by atoms with Crippen LogP contribution in [0.15, 0.2) is 42.5 Å². The van der Waals surface area contributed by atoms with Crippen LogP contribution < -0.4 is 14.4 Å². The summed E-state index contributed by atoms with van der Waals surface area (Å²) in [6.45, 7) is 5.81. The Morgan fingerprint density at radius 2 is 2.00 bits per heavy atom. The molecule has 0 aromatic heterocycles. The Bertz CT molecular complexity index is 892. The van der Waals surface area contributed by atoms with Crippen molar-refractivity contribution in [3.8, 4) is 11.5 Å². The molecule has 0 fully saturated rings. The number of carbonyl (C=O) groups is 1. The van der Waals surface area contributed by atoms with Crippen LogP contribution in [0.4, 0.5) is 5.69 Å². The van der Waals surface area contributed by atoms with Gasteiger partial charge in [0.05, 0.1) is 33.3 Å². The lowest BCUT2D eigenvalue weighted by Crippen LogP contribution is -2.52. The first-order valence-electron chi connectivity index (χ1n) is 9.71. The van der Waals surface area contributed by atoms with Crippen LogP contribution in [-0.2, 0) is 14.9 Å². The molecular formula is C23H27NO4. The first-order chi connectivity index (χ1) is 13.5. The number of hydrogen-bond donors (Lipinski definition) is 0. The topological polar surface area (TPSA) is 48.0 Å². The molecule has 0 N–H and O–H groups in total. The van der Waals surface area contributed by atoms with Gasteiger partial charge >= 0.3 is 5.97 Å². The lowest BCUT2D eigenvalue weighted by atomic mass is 9.64. The highest BCUT2D eigenvalue weighted by atomic mass is 16.5. The maximum Gasteiger partial charge on any atom is 0.307 e. The second-order valence-electron chi connectivity index (χ2n) is 8.02. The lowest BCUT2D eigenvalue weighted by molar-refractivity contribution is -0.140. The molecule has 1 unspecified atom stereocenters. The summed E-state index contributed by atoms with van der Waals surface area (Å²) in [6, 6.07) is 14.6. The number of esters is 1. The molecule has 4 rings (SSSR count). The molecule has 0 saturated heterocycles. The molecule has 0 saturated carbocycles. The zero-order valence-electron chi connectivity index (χ0n) is 16.9. The van der Waals surface area contributed by atoms with E-state index in [0.29, 0.717) is 19.6 Å². The van der Waals surface area contributed by atoms with Crippen molar-refractivity contribution in [2.24, 2.45) is 5.92 Å². The highest BCUT2D eigenvalue weighted by Gasteiger charge is 2.49. The number of para-hydroxylation sites is 1. The Hall–Kier alpha value is -2.69. The Balaban J connectivity index is 1.86. The van der Waals surface area contributed by atoms with Gasteiger partial charge in [-0.05, 0) is 29.8 Å². The molecule has 148 valence electrons. The number of carbonyl (C=O) groups excluding carboxylic acids is 1. The fourth-order valence-corrected chi connectivity index (χ4v) is 4.68. The molecule has 5 heteroatoms. The van der Waals surface area contributed by atoms with Gasteiger partial charge in [-0.3, -0.25) is 4.79 Å². The predicted molar refractivity (Wildman–Crippen MR) is 108 cm³/mol. The van der Waals surface area contributed by atoms with Crippen molar-refractivity contribution in [3.63, 3.8) is 0 Å². The average Bonchev–Trinajstić information content (AvgIpc) is 2.72. The minimum absolute atomic E-state index is 0.0657. The van der Waals surface area contributed by atoms with Crippen LogP contribution in [0.5, 0.6) is 11.5 Å². The molecule has 2 aliphatic rings. The summed E-state index contributed by atoms with van der Waals surface area (Å²) < 4.78 is 16.6. The van der Waals surface area contributed by atoms with Crippen molar-refractivity contribution in [1.82, 2.24) is 0 Å². The average molecular weight is 381 g/mol. The third-order valence-electron chi connectivity index (χ3n) is 6.29. The molecular weight excluding hydrogens is 354 g/mol. The van der Waals surface area contributed by atoms with Gasteiger partial charge in [0, 0.05) is 29.1 Å². The molecule has 5 nitrogen and oxygen atoms in total. The molecule has 0 radical (unpaired) electrons. The van der Waals surface area contributed by atoms with E-state index in [2.05, 4.69) is 49.1 Å². The fraction of sp³-hybridized carbons (Fsp3) is 0.435. The van der Waals surface area contributed by atoms with Crippen molar-refractivity contribution in [2.45, 2.75) is 31.7 Å². The zero-order chi connectivity index (χ0) is 19.9. The van der Waals surface area contributed by atoms with Gasteiger partial charge in [0.1, 0.15) is 11.5 Å². The van der Waals surface area contributed by atoms with E-state index in [9.17, 15) is 4.79 Å². The van der Waals surface area contributed by atoms with Crippen LogP contribution in [0.25, 0.3) is 0 Å². The van der Waals surface area contributed by atoms with Crippen molar-refractivity contribution < 1.29 is 19.0 Å². The second-order valence-corrected chi connectivity index (χ2v) is 8.02. The van der Waals surface area contributed by atoms with Crippen LogP contribution in [0.2, 0.25) is 0 Å². The van der Waals surface area contributed by atoms with Crippen molar-refractivity contribution in [2.75, 3.05) is 32.3 Å². The van der Waals surface area contributed by atoms with Gasteiger partial charge < -0.3 is 19.1 Å². The van der Waals surface area contributed by atoms with Gasteiger partial charge in [0.25, 0.3) is 0 Å². The van der Waals surface area contributed by atoms with Crippen molar-refractivity contribution in [1.29, 1.82) is 0 Å². The normalized spacial score (nSPS) is 21.6. The summed E-state index contributed by atoms with van der Waals surface area (Å²) in [6.07, 6.45) is 0.342. The quantitative estimate of drug-likeness (QED) is 0.746. The van der Waals surface area contributed by atoms with Crippen molar-refractivity contribution in [3.05, 3.63) is 53.6 Å². The Labute approximate surface area is 166 Å². The molecule has 2 aromatic rings. The molecule has 28 heavy (non-hydrogen) atoms. The number of ether oxygens (including phenoxy) is 3. The zero-order valence-corrected chi connectivity index (χ0v) is 16.9. The second kappa shape index (κ2) is 7.04. The van der Waals surface area contributed by atoms with E-state index in [-0.39, 0.29) is 23.3 Å². The third kappa shape index (κ3) is 2.89. The highest BCUT2D eigenvalue weighted by molar-refractivity contribution is 5.71. The fourth-order valence-electron chi connectivity index (χ4n) is 4.68. The first kappa shape index (κ1) is 18.7. The van der Waals surface area contributed by atoms with E-state index < -0.39 is 0 Å². The van der Waals surface area contributed by atoms with Crippen LogP contribution in [0, 0.1) is 5.92 Å². The molecule has 2 aliphatic heterocycles. The maximum absolute atomic E-state index is 11.9. The van der Waals surface area contributed by atoms with Crippen LogP contribution >= 0.6 is 0 Å². The Kier molecular flexibility index (Phi) is 4.69. The van der Waals surface area contributed by atoms with Gasteiger partial charge in [-0.1, -0.05) is 32.0 Å². The molecule has 0 bridgehead atoms. The van der Waals surface area contributed by atoms with E-state index in [4.69, 9.17) is 14.2 Å². The number of methoxy groups -OCH3 is 2. The standard InChI is InChI=1S/C23H27NO4/c1-23(2)17-7-5-6-8-19(17)24(12-11-21(25)27-4)22-16-13-15(26-3)9-10-20(16)28-14-18(22)23/h5-10,13,18,22H,11-12,14H2,1-4H3/t18-,22?/m1/s1. The van der Waals surface area contributed by atoms with Gasteiger partial charge in [-0.15, -0.1) is 0 Å². The highest BCUT2D eigenvalue weighted by Crippen LogP contribution is 2.55. The van der Waals surface area contributed by atoms with Gasteiger partial charge in [0.2, 0.25) is 0 Å². The van der Waals surface area contributed by atoms with E-state index >= 15 is 0 Å². The summed E-state index contributed by atoms with van der Waals surface area (Å²) in [5.74, 6) is 1.75. The SMILES string of the molecule is COC(=O)CCN1c2ccccc2C(C)(C)[C@@H]2COc3ccc(OC)cc3C21. The minimum atomic E-state index is -0.197. The number of anilines is 1. The van der Waals surface area contributed by atoms with Crippen LogP contribution in [0.3, 0.4) is 0 Å². The monoisotopic (exact) mass is 381 g/mol. The first-order valence-corrected chi connectivity index (χ1v) is 9.71. The summed E-state index contributed by atoms with van der Waals surface area (Å²) in [5, 5.41) is 0. The number of hydrogen-bond acceptors (Lipinski definition) is 5. The van der Waals surface area contributed by atoms with E-state index in [0.717, 1.165) is 17.1 Å². The van der Waals surface area contributed by atoms with Crippen LogP contribution in [0.1, 0.15) is 37.4 Å². The van der Waals surface area contributed by atoms with Gasteiger partial charge in [0.15, 0.2) is 0 Å². The van der Waals surface area contributed by atoms with E-state index in [1.165, 1.54) is 18.4 Å². The summed E-state index contributed by atoms with van der Waals surface area (Å²) in [5.41, 5.74) is 3.51. The molecule has 2 aromatic carbocycles. The number of fused-ring (bicyclic) bond motifs is 4. The Morgan fingerprint density at radius 3 is 2.75 bits per heavy atom. The molecule has 0 aliphatic carbocycles. The number of rotatable bonds is 4.